The molecule has 1 aliphatic rings. The van der Waals surface area contributed by atoms with Gasteiger partial charge in [-0.25, -0.2) is 0 Å². The van der Waals surface area contributed by atoms with Gasteiger partial charge in [0.15, 0.2) is 0 Å². The summed E-state index contributed by atoms with van der Waals surface area (Å²) >= 11 is 6.15. The molecule has 2 nitrogen and oxygen atoms in total. The highest BCUT2D eigenvalue weighted by molar-refractivity contribution is 6.33. The Kier molecular flexibility index (Phi) is 2.65. The number of hydrogen-bond donors (Lipinski definition) is 1. The Hall–Kier alpha value is -0.730. The molecule has 2 rings (SSSR count). The van der Waals surface area contributed by atoms with Crippen molar-refractivity contribution < 1.29 is 5.11 Å². The summed E-state index contributed by atoms with van der Waals surface area (Å²) in [6, 6.07) is 5.99. The highest BCUT2D eigenvalue weighted by atomic mass is 35.5. The Morgan fingerprint density at radius 2 is 2.07 bits per heavy atom. The first kappa shape index (κ1) is 10.8. The maximum Gasteiger partial charge on any atom is 0.0690 e. The van der Waals surface area contributed by atoms with Crippen molar-refractivity contribution in [2.45, 2.75) is 24.9 Å². The average Bonchev–Trinajstić information content (AvgIpc) is 2.82. The van der Waals surface area contributed by atoms with Crippen molar-refractivity contribution in [3.8, 4) is 0 Å². The predicted octanol–water partition coefficient (Wildman–Crippen LogP) is 2.47. The van der Waals surface area contributed by atoms with Crippen molar-refractivity contribution in [3.63, 3.8) is 0 Å². The highest BCUT2D eigenvalue weighted by Gasteiger charge is 2.40. The van der Waals surface area contributed by atoms with E-state index in [-0.39, 0.29) is 0 Å². The largest absolute Gasteiger partial charge is 0.390 e. The van der Waals surface area contributed by atoms with Crippen LogP contribution >= 0.6 is 11.6 Å². The normalized spacial score (nSPS) is 17.6. The number of rotatable bonds is 3. The Labute approximate surface area is 95.5 Å². The molecule has 1 fully saturated rings. The minimum Gasteiger partial charge on any atom is -0.390 e. The van der Waals surface area contributed by atoms with Gasteiger partial charge in [-0.05, 0) is 30.5 Å². The Balaban J connectivity index is 2.17. The van der Waals surface area contributed by atoms with Crippen molar-refractivity contribution in [1.82, 2.24) is 0 Å². The molecule has 0 aromatic heterocycles. The minimum atomic E-state index is -0.442. The molecule has 0 heterocycles. The molecule has 0 atom stereocenters. The molecule has 1 aromatic rings. The van der Waals surface area contributed by atoms with Crippen LogP contribution in [0.15, 0.2) is 18.2 Å². The number of nitrogens with zero attached hydrogens (tertiary/aromatic N) is 1. The fourth-order valence-corrected chi connectivity index (χ4v) is 2.10. The first-order valence-electron chi connectivity index (χ1n) is 5.18. The van der Waals surface area contributed by atoms with Gasteiger partial charge in [-0.1, -0.05) is 17.7 Å². The Morgan fingerprint density at radius 3 is 2.53 bits per heavy atom. The maximum atomic E-state index is 9.80. The van der Waals surface area contributed by atoms with Crippen molar-refractivity contribution >= 4 is 17.3 Å². The first-order chi connectivity index (χ1) is 7.00. The quantitative estimate of drug-likeness (QED) is 0.855. The van der Waals surface area contributed by atoms with E-state index in [9.17, 15) is 5.11 Å². The van der Waals surface area contributed by atoms with E-state index in [2.05, 4.69) is 0 Å². The van der Waals surface area contributed by atoms with Gasteiger partial charge in [0, 0.05) is 20.5 Å². The second-order valence-electron chi connectivity index (χ2n) is 4.58. The van der Waals surface area contributed by atoms with Gasteiger partial charge in [-0.3, -0.25) is 0 Å². The summed E-state index contributed by atoms with van der Waals surface area (Å²) in [7, 11) is 3.94. The Bertz CT molecular complexity index is 372. The summed E-state index contributed by atoms with van der Waals surface area (Å²) in [6.45, 7) is 0. The van der Waals surface area contributed by atoms with Crippen LogP contribution < -0.4 is 4.90 Å². The lowest BCUT2D eigenvalue weighted by molar-refractivity contribution is 0.151. The van der Waals surface area contributed by atoms with E-state index in [4.69, 9.17) is 11.6 Å². The molecule has 1 aromatic carbocycles. The zero-order chi connectivity index (χ0) is 11.1. The summed E-state index contributed by atoms with van der Waals surface area (Å²) < 4.78 is 0. The number of aliphatic hydroxyl groups is 1. The van der Waals surface area contributed by atoms with E-state index in [0.717, 1.165) is 35.5 Å². The highest BCUT2D eigenvalue weighted by Crippen LogP contribution is 2.39. The second kappa shape index (κ2) is 3.69. The van der Waals surface area contributed by atoms with Crippen LogP contribution in [0.1, 0.15) is 18.4 Å². The van der Waals surface area contributed by atoms with Crippen LogP contribution in [-0.4, -0.2) is 24.8 Å². The molecule has 1 N–H and O–H groups in total. The predicted molar refractivity (Wildman–Crippen MR) is 63.7 cm³/mol. The standard InChI is InChI=1S/C12H16ClNO/c1-14(2)11-4-3-9(7-10(11)13)8-12(15)5-6-12/h3-4,7,15H,5-6,8H2,1-2H3. The van der Waals surface area contributed by atoms with Gasteiger partial charge in [0.1, 0.15) is 0 Å². The molecular formula is C12H16ClNO. The molecule has 0 aliphatic heterocycles. The second-order valence-corrected chi connectivity index (χ2v) is 4.99. The van der Waals surface area contributed by atoms with Crippen LogP contribution in [0.4, 0.5) is 5.69 Å². The van der Waals surface area contributed by atoms with Gasteiger partial charge in [0.05, 0.1) is 16.3 Å². The van der Waals surface area contributed by atoms with Gasteiger partial charge >= 0.3 is 0 Å². The first-order valence-corrected chi connectivity index (χ1v) is 5.56. The fraction of sp³-hybridized carbons (Fsp3) is 0.500. The average molecular weight is 226 g/mol. The maximum absolute atomic E-state index is 9.80. The smallest absolute Gasteiger partial charge is 0.0690 e. The van der Waals surface area contributed by atoms with Crippen LogP contribution in [0, 0.1) is 0 Å². The summed E-state index contributed by atoms with van der Waals surface area (Å²) in [4.78, 5) is 1.98. The van der Waals surface area contributed by atoms with Crippen molar-refractivity contribution in [2.75, 3.05) is 19.0 Å². The lowest BCUT2D eigenvalue weighted by atomic mass is 10.1. The SMILES string of the molecule is CN(C)c1ccc(CC2(O)CC2)cc1Cl. The zero-order valence-corrected chi connectivity index (χ0v) is 9.88. The Morgan fingerprint density at radius 1 is 1.40 bits per heavy atom. The summed E-state index contributed by atoms with van der Waals surface area (Å²) in [5.74, 6) is 0. The van der Waals surface area contributed by atoms with Gasteiger partial charge in [0.25, 0.3) is 0 Å². The number of hydrogen-bond acceptors (Lipinski definition) is 2. The van der Waals surface area contributed by atoms with Crippen LogP contribution in [0.3, 0.4) is 0 Å². The molecule has 0 spiro atoms. The third-order valence-electron chi connectivity index (χ3n) is 2.85. The van der Waals surface area contributed by atoms with Crippen molar-refractivity contribution in [1.29, 1.82) is 0 Å². The van der Waals surface area contributed by atoms with E-state index in [1.807, 2.05) is 37.2 Å². The molecule has 1 saturated carbocycles. The third-order valence-corrected chi connectivity index (χ3v) is 3.16. The number of halogens is 1. The molecule has 0 amide bonds. The minimum absolute atomic E-state index is 0.442. The molecule has 0 unspecified atom stereocenters. The van der Waals surface area contributed by atoms with Gasteiger partial charge in [-0.15, -0.1) is 0 Å². The molecule has 82 valence electrons. The summed E-state index contributed by atoms with van der Waals surface area (Å²) in [5.41, 5.74) is 1.69. The van der Waals surface area contributed by atoms with E-state index >= 15 is 0 Å². The topological polar surface area (TPSA) is 23.5 Å². The third kappa shape index (κ3) is 2.44. The van der Waals surface area contributed by atoms with E-state index in [0.29, 0.717) is 0 Å². The van der Waals surface area contributed by atoms with Gasteiger partial charge in [0.2, 0.25) is 0 Å². The zero-order valence-electron chi connectivity index (χ0n) is 9.13. The van der Waals surface area contributed by atoms with Crippen LogP contribution in [0.5, 0.6) is 0 Å². The molecule has 3 heteroatoms. The molecule has 0 bridgehead atoms. The molecule has 1 aliphatic carbocycles. The van der Waals surface area contributed by atoms with Crippen LogP contribution in [0.2, 0.25) is 5.02 Å². The molecule has 0 radical (unpaired) electrons. The number of anilines is 1. The van der Waals surface area contributed by atoms with E-state index in [1.54, 1.807) is 0 Å². The van der Waals surface area contributed by atoms with Crippen LogP contribution in [0.25, 0.3) is 0 Å². The monoisotopic (exact) mass is 225 g/mol. The van der Waals surface area contributed by atoms with Crippen molar-refractivity contribution in [2.24, 2.45) is 0 Å². The summed E-state index contributed by atoms with van der Waals surface area (Å²) in [5, 5.41) is 10.5. The summed E-state index contributed by atoms with van der Waals surface area (Å²) in [6.07, 6.45) is 2.56. The molecule has 15 heavy (non-hydrogen) atoms. The molecular weight excluding hydrogens is 210 g/mol. The molecule has 0 saturated heterocycles. The lowest BCUT2D eigenvalue weighted by Gasteiger charge is -2.16. The van der Waals surface area contributed by atoms with Crippen LogP contribution in [-0.2, 0) is 6.42 Å². The van der Waals surface area contributed by atoms with E-state index in [1.165, 1.54) is 0 Å². The lowest BCUT2D eigenvalue weighted by Crippen LogP contribution is -2.12. The van der Waals surface area contributed by atoms with Crippen molar-refractivity contribution in [3.05, 3.63) is 28.8 Å². The fourth-order valence-electron chi connectivity index (χ4n) is 1.72. The van der Waals surface area contributed by atoms with Gasteiger partial charge in [-0.2, -0.15) is 0 Å². The van der Waals surface area contributed by atoms with E-state index < -0.39 is 5.60 Å². The number of benzene rings is 1. The van der Waals surface area contributed by atoms with Gasteiger partial charge < -0.3 is 10.0 Å².